The summed E-state index contributed by atoms with van der Waals surface area (Å²) in [7, 11) is 0. The molecule has 10 heteroatoms. The van der Waals surface area contributed by atoms with Crippen molar-refractivity contribution in [2.45, 2.75) is 32.9 Å². The van der Waals surface area contributed by atoms with E-state index in [-0.39, 0.29) is 6.03 Å². The Balaban J connectivity index is 1.70. The molecule has 2 N–H and O–H groups in total. The van der Waals surface area contributed by atoms with Gasteiger partial charge in [-0.05, 0) is 51.0 Å². The van der Waals surface area contributed by atoms with Gasteiger partial charge in [0.1, 0.15) is 0 Å². The molecule has 0 saturated carbocycles. The van der Waals surface area contributed by atoms with Crippen molar-refractivity contribution in [1.29, 1.82) is 0 Å². The van der Waals surface area contributed by atoms with Gasteiger partial charge in [0.05, 0.1) is 22.6 Å². The zero-order valence-corrected chi connectivity index (χ0v) is 18.4. The number of aromatic nitrogens is 2. The molecule has 6 nitrogen and oxygen atoms in total. The molecular formula is C22H22F3N5OS. The highest BCUT2D eigenvalue weighted by Crippen LogP contribution is 2.34. The molecule has 2 amide bonds. The summed E-state index contributed by atoms with van der Waals surface area (Å²) in [6.07, 6.45) is -2.82. The lowest BCUT2D eigenvalue weighted by molar-refractivity contribution is -0.137. The number of nitrogens with one attached hydrogen (secondary N) is 2. The summed E-state index contributed by atoms with van der Waals surface area (Å²) in [4.78, 5) is 24.6. The smallest absolute Gasteiger partial charge is 0.382 e. The molecule has 2 aromatic heterocycles. The number of carbonyl (C=O) groups excluding carboxylic acids is 1. The molecule has 4 rings (SSSR count). The lowest BCUT2D eigenvalue weighted by atomic mass is 10.1. The molecule has 0 radical (unpaired) electrons. The monoisotopic (exact) mass is 461 g/mol. The van der Waals surface area contributed by atoms with Crippen LogP contribution in [0.25, 0.3) is 11.3 Å². The van der Waals surface area contributed by atoms with Gasteiger partial charge >= 0.3 is 12.2 Å². The highest BCUT2D eigenvalue weighted by atomic mass is 32.1. The summed E-state index contributed by atoms with van der Waals surface area (Å²) >= 11 is 1.39. The molecule has 32 heavy (non-hydrogen) atoms. The first-order chi connectivity index (χ1) is 15.2. The van der Waals surface area contributed by atoms with Gasteiger partial charge in [0, 0.05) is 23.5 Å². The third kappa shape index (κ3) is 4.69. The summed E-state index contributed by atoms with van der Waals surface area (Å²) in [5, 5.41) is 6.59. The maximum atomic E-state index is 13.2. The van der Waals surface area contributed by atoms with Gasteiger partial charge in [0.15, 0.2) is 10.9 Å². The predicted octanol–water partition coefficient (Wildman–Crippen LogP) is 6.08. The first kappa shape index (κ1) is 22.1. The molecule has 0 aliphatic carbocycles. The lowest BCUT2D eigenvalue weighted by Gasteiger charge is -2.27. The molecule has 0 spiro atoms. The number of carbonyl (C=O) groups is 1. The van der Waals surface area contributed by atoms with Crippen LogP contribution < -0.4 is 15.5 Å². The highest BCUT2D eigenvalue weighted by Gasteiger charge is 2.31. The van der Waals surface area contributed by atoms with E-state index < -0.39 is 11.7 Å². The van der Waals surface area contributed by atoms with Gasteiger partial charge in [0.25, 0.3) is 0 Å². The number of thiazole rings is 1. The predicted molar refractivity (Wildman–Crippen MR) is 120 cm³/mol. The van der Waals surface area contributed by atoms with E-state index in [1.165, 1.54) is 22.3 Å². The van der Waals surface area contributed by atoms with E-state index in [0.717, 1.165) is 42.1 Å². The summed E-state index contributed by atoms with van der Waals surface area (Å²) < 4.78 is 39.5. The van der Waals surface area contributed by atoms with Gasteiger partial charge in [-0.15, -0.1) is 11.3 Å². The van der Waals surface area contributed by atoms with Crippen molar-refractivity contribution < 1.29 is 18.0 Å². The average molecular weight is 462 g/mol. The Morgan fingerprint density at radius 3 is 2.69 bits per heavy atom. The number of halogens is 3. The molecule has 3 heterocycles. The van der Waals surface area contributed by atoms with Crippen LogP contribution in [0.15, 0.2) is 36.4 Å². The summed E-state index contributed by atoms with van der Waals surface area (Å²) in [5.74, 6) is 0.377. The first-order valence-electron chi connectivity index (χ1n) is 10.2. The number of hydrogen-bond donors (Lipinski definition) is 2. The SMILES string of the molecule is Cc1nc(NC(=O)N2CCCCNc3ccc(-c4cccc(C(F)(F)F)c4)nc32)sc1C. The summed E-state index contributed by atoms with van der Waals surface area (Å²) in [6.45, 7) is 4.96. The minimum atomic E-state index is -4.45. The maximum Gasteiger partial charge on any atom is 0.416 e. The number of benzene rings is 1. The molecule has 0 unspecified atom stereocenters. The Morgan fingerprint density at radius 2 is 1.97 bits per heavy atom. The zero-order chi connectivity index (χ0) is 22.9. The van der Waals surface area contributed by atoms with Crippen LogP contribution >= 0.6 is 11.3 Å². The Morgan fingerprint density at radius 1 is 1.16 bits per heavy atom. The Labute approximate surface area is 187 Å². The number of hydrogen-bond acceptors (Lipinski definition) is 5. The van der Waals surface area contributed by atoms with Gasteiger partial charge in [0.2, 0.25) is 0 Å². The Bertz CT molecular complexity index is 1130. The quantitative estimate of drug-likeness (QED) is 0.485. The number of rotatable bonds is 2. The van der Waals surface area contributed by atoms with E-state index in [1.807, 2.05) is 13.8 Å². The molecule has 0 saturated heterocycles. The molecule has 168 valence electrons. The zero-order valence-electron chi connectivity index (χ0n) is 17.6. The van der Waals surface area contributed by atoms with Crippen LogP contribution in [0.5, 0.6) is 0 Å². The van der Waals surface area contributed by atoms with E-state index in [2.05, 4.69) is 20.6 Å². The standard InChI is InChI=1S/C22H22F3N5OS/c1-13-14(2)32-20(27-13)29-21(31)30-11-4-3-10-26-18-9-8-17(28-19(18)30)15-6-5-7-16(12-15)22(23,24)25/h5-9,12,26H,3-4,10-11H2,1-2H3,(H,27,29,31). The number of anilines is 3. The molecule has 1 aliphatic heterocycles. The normalized spacial score (nSPS) is 14.2. The van der Waals surface area contributed by atoms with E-state index in [0.29, 0.717) is 34.4 Å². The lowest BCUT2D eigenvalue weighted by Crippen LogP contribution is -2.38. The van der Waals surface area contributed by atoms with Crippen molar-refractivity contribution in [3.63, 3.8) is 0 Å². The van der Waals surface area contributed by atoms with Crippen molar-refractivity contribution >= 4 is 34.0 Å². The van der Waals surface area contributed by atoms with Crippen LogP contribution in [0.3, 0.4) is 0 Å². The van der Waals surface area contributed by atoms with Crippen LogP contribution in [0.4, 0.5) is 34.6 Å². The van der Waals surface area contributed by atoms with Crippen molar-refractivity contribution in [3.05, 3.63) is 52.5 Å². The topological polar surface area (TPSA) is 70.2 Å². The van der Waals surface area contributed by atoms with Crippen LogP contribution in [-0.4, -0.2) is 29.1 Å². The Kier molecular flexibility index (Phi) is 6.05. The number of alkyl halides is 3. The van der Waals surface area contributed by atoms with Crippen molar-refractivity contribution in [2.24, 2.45) is 0 Å². The van der Waals surface area contributed by atoms with Crippen LogP contribution in [0, 0.1) is 13.8 Å². The van der Waals surface area contributed by atoms with E-state index in [4.69, 9.17) is 0 Å². The number of nitrogens with zero attached hydrogens (tertiary/aromatic N) is 3. The number of amides is 2. The first-order valence-corrected chi connectivity index (χ1v) is 11.0. The third-order valence-corrected chi connectivity index (χ3v) is 6.22. The molecule has 0 atom stereocenters. The van der Waals surface area contributed by atoms with E-state index >= 15 is 0 Å². The van der Waals surface area contributed by atoms with Crippen LogP contribution in [0.2, 0.25) is 0 Å². The number of pyridine rings is 1. The highest BCUT2D eigenvalue weighted by molar-refractivity contribution is 7.15. The number of fused-ring (bicyclic) bond motifs is 1. The second kappa shape index (κ2) is 8.78. The molecular weight excluding hydrogens is 439 g/mol. The van der Waals surface area contributed by atoms with Crippen molar-refractivity contribution in [3.8, 4) is 11.3 Å². The van der Waals surface area contributed by atoms with Gasteiger partial charge in [-0.25, -0.2) is 14.8 Å². The van der Waals surface area contributed by atoms with Gasteiger partial charge < -0.3 is 5.32 Å². The fourth-order valence-electron chi connectivity index (χ4n) is 3.41. The fraction of sp³-hybridized carbons (Fsp3) is 0.318. The number of urea groups is 1. The van der Waals surface area contributed by atoms with E-state index in [1.54, 1.807) is 18.2 Å². The number of aryl methyl sites for hydroxylation is 2. The second-order valence-corrected chi connectivity index (χ2v) is 8.73. The van der Waals surface area contributed by atoms with E-state index in [9.17, 15) is 18.0 Å². The molecule has 0 bridgehead atoms. The van der Waals surface area contributed by atoms with Crippen LogP contribution in [-0.2, 0) is 6.18 Å². The summed E-state index contributed by atoms with van der Waals surface area (Å²) in [6, 6.07) is 8.05. The molecule has 1 aliphatic rings. The largest absolute Gasteiger partial charge is 0.416 e. The average Bonchev–Trinajstić information content (AvgIpc) is 3.04. The van der Waals surface area contributed by atoms with Gasteiger partial charge in [-0.2, -0.15) is 13.2 Å². The minimum absolute atomic E-state index is 0.330. The van der Waals surface area contributed by atoms with Crippen LogP contribution in [0.1, 0.15) is 29.0 Å². The molecule has 0 fully saturated rings. The second-order valence-electron chi connectivity index (χ2n) is 7.52. The summed E-state index contributed by atoms with van der Waals surface area (Å²) in [5.41, 5.74) is 1.45. The Hall–Kier alpha value is -3.14. The van der Waals surface area contributed by atoms with Crippen molar-refractivity contribution in [2.75, 3.05) is 28.6 Å². The van der Waals surface area contributed by atoms with Crippen molar-refractivity contribution in [1.82, 2.24) is 9.97 Å². The van der Waals surface area contributed by atoms with Gasteiger partial charge in [-0.3, -0.25) is 10.2 Å². The molecule has 3 aromatic rings. The molecule has 1 aromatic carbocycles. The minimum Gasteiger partial charge on any atom is -0.382 e. The fourth-order valence-corrected chi connectivity index (χ4v) is 4.22. The third-order valence-electron chi connectivity index (χ3n) is 5.23. The maximum absolute atomic E-state index is 13.2. The van der Waals surface area contributed by atoms with Gasteiger partial charge in [-0.1, -0.05) is 12.1 Å².